The maximum atomic E-state index is 14.1. The highest BCUT2D eigenvalue weighted by atomic mass is 19.1. The van der Waals surface area contributed by atoms with Gasteiger partial charge in [-0.25, -0.2) is 4.39 Å². The summed E-state index contributed by atoms with van der Waals surface area (Å²) in [5, 5.41) is 2.94. The van der Waals surface area contributed by atoms with Crippen molar-refractivity contribution in [3.63, 3.8) is 0 Å². The lowest BCUT2D eigenvalue weighted by molar-refractivity contribution is -0.134. The van der Waals surface area contributed by atoms with Gasteiger partial charge in [0.1, 0.15) is 11.6 Å². The largest absolute Gasteiger partial charge is 0.481 e. The van der Waals surface area contributed by atoms with E-state index in [4.69, 9.17) is 4.74 Å². The Kier molecular flexibility index (Phi) is 7.01. The van der Waals surface area contributed by atoms with Crippen molar-refractivity contribution in [3.05, 3.63) is 65.0 Å². The molecule has 33 heavy (non-hydrogen) atoms. The molecule has 1 aliphatic carbocycles. The number of fused-ring (bicyclic) bond motifs is 1. The van der Waals surface area contributed by atoms with Crippen LogP contribution in [0.3, 0.4) is 0 Å². The summed E-state index contributed by atoms with van der Waals surface area (Å²) in [5.74, 6) is 0.714. The predicted molar refractivity (Wildman–Crippen MR) is 125 cm³/mol. The molecule has 0 aromatic heterocycles. The molecule has 4 rings (SSSR count). The van der Waals surface area contributed by atoms with E-state index in [0.29, 0.717) is 31.2 Å². The number of carbonyl (C=O) groups is 2. The first kappa shape index (κ1) is 23.3. The van der Waals surface area contributed by atoms with Crippen LogP contribution in [-0.2, 0) is 16.0 Å². The number of hydrogen-bond acceptors (Lipinski definition) is 3. The fourth-order valence-electron chi connectivity index (χ4n) is 4.41. The van der Waals surface area contributed by atoms with E-state index >= 15 is 0 Å². The SMILES string of the molecule is CC[C@@H](Oc1ccc2c(c1)[C@@H](c1cccc(F)c1)N(C(=O)C1CC1)CC2)C(=O)NCC(C)C. The molecule has 176 valence electrons. The van der Waals surface area contributed by atoms with Gasteiger partial charge in [-0.2, -0.15) is 0 Å². The predicted octanol–water partition coefficient (Wildman–Crippen LogP) is 4.64. The molecule has 5 nitrogen and oxygen atoms in total. The first-order valence-corrected chi connectivity index (χ1v) is 12.0. The summed E-state index contributed by atoms with van der Waals surface area (Å²) in [6, 6.07) is 11.9. The second-order valence-electron chi connectivity index (χ2n) is 9.53. The number of hydrogen-bond donors (Lipinski definition) is 1. The van der Waals surface area contributed by atoms with Crippen molar-refractivity contribution >= 4 is 11.8 Å². The fraction of sp³-hybridized carbons (Fsp3) is 0.481. The normalized spacial score (nSPS) is 18.6. The van der Waals surface area contributed by atoms with Gasteiger partial charge in [0.2, 0.25) is 5.91 Å². The van der Waals surface area contributed by atoms with Crippen LogP contribution < -0.4 is 10.1 Å². The van der Waals surface area contributed by atoms with E-state index in [1.54, 1.807) is 6.07 Å². The summed E-state index contributed by atoms with van der Waals surface area (Å²) in [6.07, 6.45) is 2.53. The molecule has 1 fully saturated rings. The van der Waals surface area contributed by atoms with E-state index in [1.807, 2.05) is 49.9 Å². The average Bonchev–Trinajstić information content (AvgIpc) is 3.65. The number of carbonyl (C=O) groups excluding carboxylic acids is 2. The molecule has 2 aromatic carbocycles. The van der Waals surface area contributed by atoms with Gasteiger partial charge in [0.05, 0.1) is 6.04 Å². The van der Waals surface area contributed by atoms with E-state index in [1.165, 1.54) is 12.1 Å². The summed E-state index contributed by atoms with van der Waals surface area (Å²) in [7, 11) is 0. The van der Waals surface area contributed by atoms with E-state index in [9.17, 15) is 14.0 Å². The third kappa shape index (κ3) is 5.37. The van der Waals surface area contributed by atoms with Crippen molar-refractivity contribution in [2.75, 3.05) is 13.1 Å². The van der Waals surface area contributed by atoms with Gasteiger partial charge in [0.25, 0.3) is 5.91 Å². The van der Waals surface area contributed by atoms with Gasteiger partial charge in [-0.05, 0) is 72.6 Å². The van der Waals surface area contributed by atoms with E-state index in [2.05, 4.69) is 5.32 Å². The summed E-state index contributed by atoms with van der Waals surface area (Å²) < 4.78 is 20.2. The minimum Gasteiger partial charge on any atom is -0.481 e. The van der Waals surface area contributed by atoms with Crippen LogP contribution >= 0.6 is 0 Å². The minimum atomic E-state index is -0.595. The van der Waals surface area contributed by atoms with Gasteiger partial charge in [0, 0.05) is 19.0 Å². The molecule has 2 aliphatic rings. The van der Waals surface area contributed by atoms with Crippen LogP contribution in [0.25, 0.3) is 0 Å². The van der Waals surface area contributed by atoms with Crippen molar-refractivity contribution in [1.82, 2.24) is 10.2 Å². The zero-order valence-corrected chi connectivity index (χ0v) is 19.6. The minimum absolute atomic E-state index is 0.0798. The van der Waals surface area contributed by atoms with Crippen LogP contribution in [-0.4, -0.2) is 35.9 Å². The number of benzene rings is 2. The Morgan fingerprint density at radius 1 is 1.18 bits per heavy atom. The van der Waals surface area contributed by atoms with E-state index in [-0.39, 0.29) is 29.6 Å². The Bertz CT molecular complexity index is 1020. The second kappa shape index (κ2) is 9.94. The maximum Gasteiger partial charge on any atom is 0.261 e. The molecule has 6 heteroatoms. The molecule has 2 atom stereocenters. The molecule has 0 radical (unpaired) electrons. The van der Waals surface area contributed by atoms with Crippen LogP contribution in [0.5, 0.6) is 5.75 Å². The monoisotopic (exact) mass is 452 g/mol. The highest BCUT2D eigenvalue weighted by Gasteiger charge is 2.39. The zero-order valence-electron chi connectivity index (χ0n) is 19.6. The fourth-order valence-corrected chi connectivity index (χ4v) is 4.41. The van der Waals surface area contributed by atoms with Crippen molar-refractivity contribution in [2.45, 2.75) is 58.6 Å². The van der Waals surface area contributed by atoms with E-state index < -0.39 is 6.10 Å². The third-order valence-electron chi connectivity index (χ3n) is 6.35. The van der Waals surface area contributed by atoms with Crippen molar-refractivity contribution in [2.24, 2.45) is 11.8 Å². The molecule has 2 amide bonds. The topological polar surface area (TPSA) is 58.6 Å². The molecule has 1 N–H and O–H groups in total. The lowest BCUT2D eigenvalue weighted by Crippen LogP contribution is -2.41. The van der Waals surface area contributed by atoms with Crippen LogP contribution in [0, 0.1) is 17.7 Å². The summed E-state index contributed by atoms with van der Waals surface area (Å²) >= 11 is 0. The lowest BCUT2D eigenvalue weighted by Gasteiger charge is -2.38. The van der Waals surface area contributed by atoms with Crippen LogP contribution in [0.4, 0.5) is 4.39 Å². The van der Waals surface area contributed by atoms with Gasteiger partial charge in [-0.1, -0.05) is 39.0 Å². The second-order valence-corrected chi connectivity index (χ2v) is 9.53. The molecular formula is C27H33FN2O3. The summed E-state index contributed by atoms with van der Waals surface area (Å²) in [4.78, 5) is 27.6. The quantitative estimate of drug-likeness (QED) is 0.635. The van der Waals surface area contributed by atoms with Gasteiger partial charge in [-0.3, -0.25) is 9.59 Å². The standard InChI is InChI=1S/C27H33FN2O3/c1-4-24(26(31)29-16-17(2)3)33-22-11-10-18-12-13-30(27(32)19-8-9-19)25(23(18)15-22)20-6-5-7-21(28)14-20/h5-7,10-11,14-15,17,19,24-25H,4,8-9,12-13,16H2,1-3H3,(H,29,31)/t24-,25-/m1/s1. The number of nitrogens with one attached hydrogen (secondary N) is 1. The Labute approximate surface area is 195 Å². The average molecular weight is 453 g/mol. The molecular weight excluding hydrogens is 419 g/mol. The molecule has 1 heterocycles. The van der Waals surface area contributed by atoms with Gasteiger partial charge < -0.3 is 15.0 Å². The number of halogens is 1. The van der Waals surface area contributed by atoms with Gasteiger partial charge in [0.15, 0.2) is 6.10 Å². The summed E-state index contributed by atoms with van der Waals surface area (Å²) in [5.41, 5.74) is 2.81. The number of amides is 2. The molecule has 1 aliphatic heterocycles. The van der Waals surface area contributed by atoms with Crippen molar-refractivity contribution in [1.29, 1.82) is 0 Å². The first-order valence-electron chi connectivity index (χ1n) is 12.0. The van der Waals surface area contributed by atoms with Crippen molar-refractivity contribution < 1.29 is 18.7 Å². The third-order valence-corrected chi connectivity index (χ3v) is 6.35. The van der Waals surface area contributed by atoms with Gasteiger partial charge in [-0.15, -0.1) is 0 Å². The van der Waals surface area contributed by atoms with Crippen LogP contribution in [0.2, 0.25) is 0 Å². The van der Waals surface area contributed by atoms with Crippen LogP contribution in [0.15, 0.2) is 42.5 Å². The molecule has 1 saturated carbocycles. The maximum absolute atomic E-state index is 14.1. The van der Waals surface area contributed by atoms with Crippen molar-refractivity contribution in [3.8, 4) is 5.75 Å². The zero-order chi connectivity index (χ0) is 23.5. The van der Waals surface area contributed by atoms with E-state index in [0.717, 1.165) is 36.0 Å². The molecule has 0 bridgehead atoms. The highest BCUT2D eigenvalue weighted by Crippen LogP contribution is 2.41. The number of rotatable bonds is 8. The Hall–Kier alpha value is -2.89. The molecule has 2 aromatic rings. The molecule has 0 unspecified atom stereocenters. The smallest absolute Gasteiger partial charge is 0.261 e. The molecule has 0 saturated heterocycles. The number of ether oxygens (including phenoxy) is 1. The highest BCUT2D eigenvalue weighted by molar-refractivity contribution is 5.82. The first-order chi connectivity index (χ1) is 15.9. The Balaban J connectivity index is 1.64. The molecule has 0 spiro atoms. The van der Waals surface area contributed by atoms with Gasteiger partial charge >= 0.3 is 0 Å². The Morgan fingerprint density at radius 2 is 1.97 bits per heavy atom. The summed E-state index contributed by atoms with van der Waals surface area (Å²) in [6.45, 7) is 7.23. The Morgan fingerprint density at radius 3 is 2.64 bits per heavy atom. The number of nitrogens with zero attached hydrogens (tertiary/aromatic N) is 1. The lowest BCUT2D eigenvalue weighted by atomic mass is 9.87. The van der Waals surface area contributed by atoms with Crippen LogP contribution in [0.1, 0.15) is 62.8 Å².